The highest BCUT2D eigenvalue weighted by molar-refractivity contribution is 5.31. The summed E-state index contributed by atoms with van der Waals surface area (Å²) in [6.45, 7) is 12.9. The first kappa shape index (κ1) is 14.7. The molecule has 0 fully saturated rings. The van der Waals surface area contributed by atoms with Crippen LogP contribution in [-0.2, 0) is 6.54 Å². The first-order valence-corrected chi connectivity index (χ1v) is 6.65. The summed E-state index contributed by atoms with van der Waals surface area (Å²) in [6, 6.07) is 0. The molecule has 0 saturated carbocycles. The molecule has 4 nitrogen and oxygen atoms in total. The van der Waals surface area contributed by atoms with Gasteiger partial charge in [0.1, 0.15) is 0 Å². The van der Waals surface area contributed by atoms with Crippen molar-refractivity contribution >= 4 is 5.95 Å². The Bertz CT molecular complexity index is 473. The lowest BCUT2D eigenvalue weighted by Gasteiger charge is -2.19. The van der Waals surface area contributed by atoms with Gasteiger partial charge in [-0.2, -0.15) is 0 Å². The highest BCUT2D eigenvalue weighted by Crippen LogP contribution is 2.22. The Hall–Kier alpha value is -1.32. The molecule has 0 aliphatic heterocycles. The van der Waals surface area contributed by atoms with Gasteiger partial charge in [0, 0.05) is 12.1 Å². The summed E-state index contributed by atoms with van der Waals surface area (Å²) in [6.07, 6.45) is 0. The van der Waals surface area contributed by atoms with E-state index in [9.17, 15) is 4.79 Å². The van der Waals surface area contributed by atoms with Crippen LogP contribution in [0, 0.1) is 5.92 Å². The third kappa shape index (κ3) is 2.92. The molecule has 0 radical (unpaired) electrons. The fourth-order valence-electron chi connectivity index (χ4n) is 2.13. The zero-order valence-corrected chi connectivity index (χ0v) is 12.3. The van der Waals surface area contributed by atoms with Gasteiger partial charge in [-0.15, -0.1) is 0 Å². The number of hydrogen-bond donors (Lipinski definition) is 1. The minimum atomic E-state index is 0.0231. The summed E-state index contributed by atoms with van der Waals surface area (Å²) in [7, 11) is 0. The maximum atomic E-state index is 12.5. The molecule has 1 rings (SSSR count). The number of nitrogens with two attached hydrogens (primary N) is 1. The van der Waals surface area contributed by atoms with Gasteiger partial charge in [-0.1, -0.05) is 41.5 Å². The Balaban J connectivity index is 3.51. The molecule has 1 aromatic rings. The largest absolute Gasteiger partial charge is 0.369 e. The fourth-order valence-corrected chi connectivity index (χ4v) is 2.13. The van der Waals surface area contributed by atoms with Gasteiger partial charge in [0.25, 0.3) is 5.56 Å². The molecule has 2 N–H and O–H groups in total. The molecule has 18 heavy (non-hydrogen) atoms. The average Bonchev–Trinajstić information content (AvgIpc) is 2.22. The molecule has 0 spiro atoms. The van der Waals surface area contributed by atoms with Crippen LogP contribution in [0.2, 0.25) is 0 Å². The summed E-state index contributed by atoms with van der Waals surface area (Å²) in [5.74, 6) is 1.09. The van der Waals surface area contributed by atoms with Crippen molar-refractivity contribution in [2.45, 2.75) is 59.9 Å². The van der Waals surface area contributed by atoms with Crippen molar-refractivity contribution in [3.8, 4) is 0 Å². The second-order valence-corrected chi connectivity index (χ2v) is 5.89. The van der Waals surface area contributed by atoms with Crippen molar-refractivity contribution in [1.82, 2.24) is 9.55 Å². The lowest BCUT2D eigenvalue weighted by atomic mass is 9.96. The number of hydrogen-bond acceptors (Lipinski definition) is 3. The van der Waals surface area contributed by atoms with Gasteiger partial charge in [-0.3, -0.25) is 9.36 Å². The minimum Gasteiger partial charge on any atom is -0.369 e. The highest BCUT2D eigenvalue weighted by Gasteiger charge is 2.19. The van der Waals surface area contributed by atoms with E-state index < -0.39 is 0 Å². The van der Waals surface area contributed by atoms with E-state index in [0.29, 0.717) is 18.4 Å². The summed E-state index contributed by atoms with van der Waals surface area (Å²) in [5.41, 5.74) is 7.60. The van der Waals surface area contributed by atoms with E-state index in [1.807, 2.05) is 27.7 Å². The summed E-state index contributed by atoms with van der Waals surface area (Å²) >= 11 is 0. The van der Waals surface area contributed by atoms with Crippen LogP contribution < -0.4 is 11.3 Å². The molecule has 0 saturated heterocycles. The van der Waals surface area contributed by atoms with Gasteiger partial charge in [0.15, 0.2) is 0 Å². The quantitative estimate of drug-likeness (QED) is 0.895. The summed E-state index contributed by atoms with van der Waals surface area (Å²) in [5, 5.41) is 0. The van der Waals surface area contributed by atoms with E-state index >= 15 is 0 Å². The molecule has 0 aliphatic carbocycles. The van der Waals surface area contributed by atoms with E-state index in [4.69, 9.17) is 5.73 Å². The van der Waals surface area contributed by atoms with Crippen molar-refractivity contribution < 1.29 is 0 Å². The van der Waals surface area contributed by atoms with Crippen LogP contribution in [0.1, 0.15) is 64.6 Å². The third-order valence-corrected chi connectivity index (χ3v) is 2.94. The maximum Gasteiger partial charge on any atom is 0.258 e. The lowest BCUT2D eigenvalue weighted by molar-refractivity contribution is 0.503. The first-order valence-electron chi connectivity index (χ1n) is 6.65. The van der Waals surface area contributed by atoms with Gasteiger partial charge >= 0.3 is 0 Å². The van der Waals surface area contributed by atoms with Crippen molar-refractivity contribution in [3.63, 3.8) is 0 Å². The van der Waals surface area contributed by atoms with Gasteiger partial charge in [0.05, 0.1) is 5.69 Å². The average molecular weight is 251 g/mol. The minimum absolute atomic E-state index is 0.0231. The molecule has 0 bridgehead atoms. The Kier molecular flexibility index (Phi) is 4.54. The van der Waals surface area contributed by atoms with E-state index in [1.165, 1.54) is 0 Å². The van der Waals surface area contributed by atoms with Crippen molar-refractivity contribution in [3.05, 3.63) is 21.6 Å². The summed E-state index contributed by atoms with van der Waals surface area (Å²) in [4.78, 5) is 17.0. The third-order valence-electron chi connectivity index (χ3n) is 2.94. The molecule has 1 heterocycles. The number of rotatable bonds is 4. The molecule has 1 aromatic heterocycles. The van der Waals surface area contributed by atoms with Gasteiger partial charge in [-0.25, -0.2) is 4.98 Å². The normalized spacial score (nSPS) is 11.8. The van der Waals surface area contributed by atoms with Crippen LogP contribution >= 0.6 is 0 Å². The SMILES string of the molecule is CC(C)Cn1c(N)nc(C(C)C)c(C(C)C)c1=O. The predicted octanol–water partition coefficient (Wildman–Crippen LogP) is 2.73. The van der Waals surface area contributed by atoms with Gasteiger partial charge in [0.2, 0.25) is 5.95 Å². The predicted molar refractivity (Wildman–Crippen MR) is 75.9 cm³/mol. The lowest BCUT2D eigenvalue weighted by Crippen LogP contribution is -2.31. The number of aromatic nitrogens is 2. The summed E-state index contributed by atoms with van der Waals surface area (Å²) < 4.78 is 1.60. The molecule has 0 aromatic carbocycles. The van der Waals surface area contributed by atoms with Crippen molar-refractivity contribution in [2.24, 2.45) is 5.92 Å². The van der Waals surface area contributed by atoms with Crippen LogP contribution in [0.3, 0.4) is 0 Å². The molecule has 0 amide bonds. The van der Waals surface area contributed by atoms with Gasteiger partial charge < -0.3 is 5.73 Å². The van der Waals surface area contributed by atoms with Crippen LogP contribution in [-0.4, -0.2) is 9.55 Å². The van der Waals surface area contributed by atoms with Crippen molar-refractivity contribution in [2.75, 3.05) is 5.73 Å². The first-order chi connectivity index (χ1) is 8.25. The van der Waals surface area contributed by atoms with E-state index in [2.05, 4.69) is 18.8 Å². The zero-order valence-electron chi connectivity index (χ0n) is 12.3. The molecule has 4 heteroatoms. The van der Waals surface area contributed by atoms with Crippen LogP contribution in [0.5, 0.6) is 0 Å². The molecule has 0 aliphatic rings. The number of nitrogen functional groups attached to an aromatic ring is 1. The molecule has 0 unspecified atom stereocenters. The Morgan fingerprint density at radius 2 is 1.67 bits per heavy atom. The van der Waals surface area contributed by atoms with Gasteiger partial charge in [-0.05, 0) is 17.8 Å². The standard InChI is InChI=1S/C14H25N3O/c1-8(2)7-17-13(18)11(9(3)4)12(10(5)6)16-14(17)15/h8-10H,7H2,1-6H3,(H2,15,16). The van der Waals surface area contributed by atoms with E-state index in [1.54, 1.807) is 4.57 Å². The van der Waals surface area contributed by atoms with Crippen molar-refractivity contribution in [1.29, 1.82) is 0 Å². The van der Waals surface area contributed by atoms with E-state index in [-0.39, 0.29) is 17.4 Å². The monoisotopic (exact) mass is 251 g/mol. The fraction of sp³-hybridized carbons (Fsp3) is 0.714. The molecular weight excluding hydrogens is 226 g/mol. The molecule has 0 atom stereocenters. The smallest absolute Gasteiger partial charge is 0.258 e. The molecular formula is C14H25N3O. The highest BCUT2D eigenvalue weighted by atomic mass is 16.1. The van der Waals surface area contributed by atoms with E-state index in [0.717, 1.165) is 11.3 Å². The Labute approximate surface area is 109 Å². The van der Waals surface area contributed by atoms with Crippen LogP contribution in [0.4, 0.5) is 5.95 Å². The zero-order chi connectivity index (χ0) is 14.0. The molecule has 102 valence electrons. The topological polar surface area (TPSA) is 60.9 Å². The van der Waals surface area contributed by atoms with Crippen LogP contribution in [0.15, 0.2) is 4.79 Å². The number of anilines is 1. The van der Waals surface area contributed by atoms with Crippen LogP contribution in [0.25, 0.3) is 0 Å². The second-order valence-electron chi connectivity index (χ2n) is 5.89. The number of nitrogens with zero attached hydrogens (tertiary/aromatic N) is 2. The Morgan fingerprint density at radius 3 is 2.06 bits per heavy atom. The Morgan fingerprint density at radius 1 is 1.11 bits per heavy atom. The maximum absolute atomic E-state index is 12.5. The second kappa shape index (κ2) is 5.55.